The van der Waals surface area contributed by atoms with Crippen LogP contribution in [0.15, 0.2) is 18.3 Å². The SMILES string of the molecule is CC(C)C(CNCc1ccc(O)cn1)NC(=O)OC(C)(C)C. The molecule has 1 heterocycles. The van der Waals surface area contributed by atoms with E-state index in [1.807, 2.05) is 34.6 Å². The summed E-state index contributed by atoms with van der Waals surface area (Å²) in [4.78, 5) is 15.9. The Bertz CT molecular complexity index is 467. The summed E-state index contributed by atoms with van der Waals surface area (Å²) in [6.45, 7) is 10.8. The highest BCUT2D eigenvalue weighted by molar-refractivity contribution is 5.68. The van der Waals surface area contributed by atoms with Gasteiger partial charge in [-0.25, -0.2) is 4.79 Å². The Hall–Kier alpha value is -1.82. The van der Waals surface area contributed by atoms with Crippen LogP contribution in [0, 0.1) is 5.92 Å². The van der Waals surface area contributed by atoms with Crippen LogP contribution >= 0.6 is 0 Å². The minimum absolute atomic E-state index is 0.0352. The summed E-state index contributed by atoms with van der Waals surface area (Å²) in [6.07, 6.45) is 1.01. The largest absolute Gasteiger partial charge is 0.506 e. The molecule has 1 rings (SSSR count). The summed E-state index contributed by atoms with van der Waals surface area (Å²) in [6, 6.07) is 3.32. The molecule has 0 aliphatic heterocycles. The number of pyridine rings is 1. The van der Waals surface area contributed by atoms with Crippen molar-refractivity contribution in [1.29, 1.82) is 0 Å². The predicted octanol–water partition coefficient (Wildman–Crippen LogP) is 2.43. The smallest absolute Gasteiger partial charge is 0.407 e. The number of hydrogen-bond acceptors (Lipinski definition) is 5. The van der Waals surface area contributed by atoms with Crippen LogP contribution in [-0.4, -0.2) is 34.4 Å². The Morgan fingerprint density at radius 1 is 1.36 bits per heavy atom. The Kier molecular flexibility index (Phi) is 6.61. The molecule has 1 aromatic heterocycles. The summed E-state index contributed by atoms with van der Waals surface area (Å²) < 4.78 is 5.28. The van der Waals surface area contributed by atoms with Crippen LogP contribution in [-0.2, 0) is 11.3 Å². The van der Waals surface area contributed by atoms with Gasteiger partial charge in [0, 0.05) is 19.1 Å². The van der Waals surface area contributed by atoms with Crippen molar-refractivity contribution in [1.82, 2.24) is 15.6 Å². The summed E-state index contributed by atoms with van der Waals surface area (Å²) in [5.41, 5.74) is 0.326. The lowest BCUT2D eigenvalue weighted by Gasteiger charge is -2.26. The quantitative estimate of drug-likeness (QED) is 0.751. The van der Waals surface area contributed by atoms with Gasteiger partial charge in [-0.3, -0.25) is 4.98 Å². The number of amides is 1. The van der Waals surface area contributed by atoms with Crippen molar-refractivity contribution < 1.29 is 14.6 Å². The molecular weight excluding hydrogens is 282 g/mol. The second-order valence-corrected chi connectivity index (χ2v) is 6.64. The first kappa shape index (κ1) is 18.2. The molecule has 0 saturated heterocycles. The van der Waals surface area contributed by atoms with Crippen LogP contribution in [0.5, 0.6) is 5.75 Å². The van der Waals surface area contributed by atoms with Crippen molar-refractivity contribution in [3.8, 4) is 5.75 Å². The second kappa shape index (κ2) is 7.98. The van der Waals surface area contributed by atoms with Gasteiger partial charge >= 0.3 is 6.09 Å². The first-order valence-corrected chi connectivity index (χ1v) is 7.51. The van der Waals surface area contributed by atoms with E-state index in [0.717, 1.165) is 5.69 Å². The van der Waals surface area contributed by atoms with Crippen molar-refractivity contribution in [2.45, 2.75) is 52.8 Å². The molecule has 22 heavy (non-hydrogen) atoms. The third-order valence-electron chi connectivity index (χ3n) is 2.99. The third kappa shape index (κ3) is 7.26. The fourth-order valence-electron chi connectivity index (χ4n) is 1.79. The number of hydrogen-bond donors (Lipinski definition) is 3. The van der Waals surface area contributed by atoms with E-state index in [0.29, 0.717) is 13.1 Å². The van der Waals surface area contributed by atoms with Crippen molar-refractivity contribution >= 4 is 6.09 Å². The van der Waals surface area contributed by atoms with Gasteiger partial charge in [-0.05, 0) is 38.8 Å². The Morgan fingerprint density at radius 3 is 2.55 bits per heavy atom. The topological polar surface area (TPSA) is 83.5 Å². The summed E-state index contributed by atoms with van der Waals surface area (Å²) in [5.74, 6) is 0.420. The third-order valence-corrected chi connectivity index (χ3v) is 2.99. The minimum Gasteiger partial charge on any atom is -0.506 e. The zero-order valence-corrected chi connectivity index (χ0v) is 14.0. The molecule has 1 atom stereocenters. The first-order valence-electron chi connectivity index (χ1n) is 7.51. The summed E-state index contributed by atoms with van der Waals surface area (Å²) in [5, 5.41) is 15.3. The molecule has 124 valence electrons. The summed E-state index contributed by atoms with van der Waals surface area (Å²) >= 11 is 0. The normalized spacial score (nSPS) is 13.0. The van der Waals surface area contributed by atoms with Crippen LogP contribution in [0.1, 0.15) is 40.3 Å². The fourth-order valence-corrected chi connectivity index (χ4v) is 1.79. The van der Waals surface area contributed by atoms with Crippen molar-refractivity contribution in [3.63, 3.8) is 0 Å². The van der Waals surface area contributed by atoms with E-state index in [2.05, 4.69) is 15.6 Å². The zero-order chi connectivity index (χ0) is 16.8. The van der Waals surface area contributed by atoms with Gasteiger partial charge < -0.3 is 20.5 Å². The van der Waals surface area contributed by atoms with Gasteiger partial charge in [-0.1, -0.05) is 13.8 Å². The van der Waals surface area contributed by atoms with Crippen LogP contribution < -0.4 is 10.6 Å². The van der Waals surface area contributed by atoms with Gasteiger partial charge in [0.25, 0.3) is 0 Å². The van der Waals surface area contributed by atoms with E-state index in [9.17, 15) is 9.90 Å². The summed E-state index contributed by atoms with van der Waals surface area (Å²) in [7, 11) is 0. The molecule has 0 bridgehead atoms. The van der Waals surface area contributed by atoms with Crippen LogP contribution in [0.4, 0.5) is 4.79 Å². The molecule has 1 aromatic rings. The van der Waals surface area contributed by atoms with Crippen LogP contribution in [0.3, 0.4) is 0 Å². The molecular formula is C16H27N3O3. The highest BCUT2D eigenvalue weighted by Crippen LogP contribution is 2.09. The molecule has 0 aliphatic rings. The maximum atomic E-state index is 11.8. The van der Waals surface area contributed by atoms with Gasteiger partial charge in [-0.2, -0.15) is 0 Å². The number of aromatic nitrogens is 1. The predicted molar refractivity (Wildman–Crippen MR) is 85.6 cm³/mol. The molecule has 0 fully saturated rings. The molecule has 1 amide bonds. The number of rotatable bonds is 6. The Morgan fingerprint density at radius 2 is 2.05 bits per heavy atom. The number of nitrogens with one attached hydrogen (secondary N) is 2. The van der Waals surface area contributed by atoms with Crippen molar-refractivity contribution in [2.24, 2.45) is 5.92 Å². The van der Waals surface area contributed by atoms with E-state index in [1.165, 1.54) is 6.20 Å². The lowest BCUT2D eigenvalue weighted by Crippen LogP contribution is -2.47. The molecule has 0 spiro atoms. The number of carbonyl (C=O) groups is 1. The van der Waals surface area contributed by atoms with E-state index >= 15 is 0 Å². The van der Waals surface area contributed by atoms with E-state index in [4.69, 9.17) is 4.74 Å². The van der Waals surface area contributed by atoms with Crippen molar-refractivity contribution in [3.05, 3.63) is 24.0 Å². The van der Waals surface area contributed by atoms with Gasteiger partial charge in [-0.15, -0.1) is 0 Å². The standard InChI is InChI=1S/C16H27N3O3/c1-11(2)14(19-15(21)22-16(3,4)5)10-17-8-12-6-7-13(20)9-18-12/h6-7,9,11,14,17,20H,8,10H2,1-5H3,(H,19,21). The zero-order valence-electron chi connectivity index (χ0n) is 14.0. The molecule has 6 nitrogen and oxygen atoms in total. The van der Waals surface area contributed by atoms with E-state index < -0.39 is 11.7 Å². The molecule has 3 N–H and O–H groups in total. The monoisotopic (exact) mass is 309 g/mol. The van der Waals surface area contributed by atoms with Crippen LogP contribution in [0.2, 0.25) is 0 Å². The number of ether oxygens (including phenoxy) is 1. The van der Waals surface area contributed by atoms with Crippen molar-refractivity contribution in [2.75, 3.05) is 6.54 Å². The molecule has 6 heteroatoms. The molecule has 0 saturated carbocycles. The average molecular weight is 309 g/mol. The van der Waals surface area contributed by atoms with Crippen LogP contribution in [0.25, 0.3) is 0 Å². The Labute approximate surface area is 132 Å². The molecule has 0 radical (unpaired) electrons. The van der Waals surface area contributed by atoms with Gasteiger partial charge in [0.2, 0.25) is 0 Å². The van der Waals surface area contributed by atoms with E-state index in [-0.39, 0.29) is 17.7 Å². The highest BCUT2D eigenvalue weighted by Gasteiger charge is 2.21. The van der Waals surface area contributed by atoms with Gasteiger partial charge in [0.05, 0.1) is 11.9 Å². The number of carbonyl (C=O) groups excluding carboxylic acids is 1. The van der Waals surface area contributed by atoms with Gasteiger partial charge in [0.15, 0.2) is 0 Å². The minimum atomic E-state index is -0.505. The van der Waals surface area contributed by atoms with Gasteiger partial charge in [0.1, 0.15) is 11.4 Å². The maximum Gasteiger partial charge on any atom is 0.407 e. The molecule has 1 unspecified atom stereocenters. The Balaban J connectivity index is 2.44. The highest BCUT2D eigenvalue weighted by atomic mass is 16.6. The first-order chi connectivity index (χ1) is 10.2. The van der Waals surface area contributed by atoms with E-state index in [1.54, 1.807) is 12.1 Å². The number of nitrogens with zero attached hydrogens (tertiary/aromatic N) is 1. The number of aromatic hydroxyl groups is 1. The fraction of sp³-hybridized carbons (Fsp3) is 0.625. The molecule has 0 aromatic carbocycles. The lowest BCUT2D eigenvalue weighted by molar-refractivity contribution is 0.0490. The number of alkyl carbamates (subject to hydrolysis) is 1. The lowest BCUT2D eigenvalue weighted by atomic mass is 10.0. The molecule has 0 aliphatic carbocycles. The second-order valence-electron chi connectivity index (χ2n) is 6.64. The maximum absolute atomic E-state index is 11.8. The average Bonchev–Trinajstić information content (AvgIpc) is 2.37.